The van der Waals surface area contributed by atoms with Crippen LogP contribution >= 0.6 is 15.9 Å². The van der Waals surface area contributed by atoms with E-state index < -0.39 is 0 Å². The van der Waals surface area contributed by atoms with E-state index in [-0.39, 0.29) is 0 Å². The number of hydrogen-bond donors (Lipinski definition) is 0. The van der Waals surface area contributed by atoms with Gasteiger partial charge in [0.2, 0.25) is 0 Å². The van der Waals surface area contributed by atoms with Crippen molar-refractivity contribution in [2.75, 3.05) is 31.1 Å². The second-order valence-corrected chi connectivity index (χ2v) is 7.24. The van der Waals surface area contributed by atoms with Crippen molar-refractivity contribution in [3.63, 3.8) is 0 Å². The van der Waals surface area contributed by atoms with Gasteiger partial charge in [0.15, 0.2) is 5.82 Å². The second kappa shape index (κ2) is 6.57. The Bertz CT molecular complexity index is 695. The Morgan fingerprint density at radius 1 is 1.00 bits per heavy atom. The number of benzene rings is 1. The molecule has 1 aromatic carbocycles. The summed E-state index contributed by atoms with van der Waals surface area (Å²) in [7, 11) is 0. The van der Waals surface area contributed by atoms with Gasteiger partial charge in [-0.1, -0.05) is 34.1 Å². The van der Waals surface area contributed by atoms with Gasteiger partial charge in [-0.05, 0) is 42.5 Å². The molecule has 23 heavy (non-hydrogen) atoms. The maximum atomic E-state index is 4.45. The monoisotopic (exact) mass is 372 g/mol. The van der Waals surface area contributed by atoms with Gasteiger partial charge < -0.3 is 4.90 Å². The van der Waals surface area contributed by atoms with Crippen LogP contribution in [0.4, 0.5) is 5.82 Å². The molecule has 0 saturated carbocycles. The van der Waals surface area contributed by atoms with E-state index >= 15 is 0 Å². The average molecular weight is 373 g/mol. The fourth-order valence-corrected chi connectivity index (χ4v) is 3.88. The molecule has 1 fully saturated rings. The number of anilines is 1. The van der Waals surface area contributed by atoms with Gasteiger partial charge in [-0.2, -0.15) is 5.10 Å². The summed E-state index contributed by atoms with van der Waals surface area (Å²) in [4.78, 5) is 4.89. The lowest BCUT2D eigenvalue weighted by molar-refractivity contribution is 0.248. The number of aryl methyl sites for hydroxylation is 2. The first-order valence-electron chi connectivity index (χ1n) is 8.36. The first kappa shape index (κ1) is 15.1. The SMILES string of the molecule is Brc1ccccc1CN1CCN(c2cc3c(nn2)CCC3)CC1. The van der Waals surface area contributed by atoms with Crippen molar-refractivity contribution in [3.8, 4) is 0 Å². The molecular weight excluding hydrogens is 352 g/mol. The summed E-state index contributed by atoms with van der Waals surface area (Å²) in [5.74, 6) is 1.06. The first-order valence-corrected chi connectivity index (χ1v) is 9.15. The standard InChI is InChI=1S/C18H21BrN4/c19-16-6-2-1-4-15(16)13-22-8-10-23(11-9-22)18-12-14-5-3-7-17(14)20-21-18/h1-2,4,6,12H,3,5,7-11,13H2. The molecule has 1 aromatic heterocycles. The van der Waals surface area contributed by atoms with Crippen LogP contribution in [0, 0.1) is 0 Å². The van der Waals surface area contributed by atoms with Crippen LogP contribution < -0.4 is 4.90 Å². The predicted octanol–water partition coefficient (Wildman–Crippen LogP) is 3.05. The molecule has 2 aromatic rings. The molecule has 5 heteroatoms. The quantitative estimate of drug-likeness (QED) is 0.828. The van der Waals surface area contributed by atoms with E-state index in [0.29, 0.717) is 0 Å². The minimum Gasteiger partial charge on any atom is -0.353 e. The molecule has 0 unspecified atom stereocenters. The smallest absolute Gasteiger partial charge is 0.151 e. The van der Waals surface area contributed by atoms with Crippen LogP contribution in [0.3, 0.4) is 0 Å². The Hall–Kier alpha value is -1.46. The van der Waals surface area contributed by atoms with Gasteiger partial charge in [0.05, 0.1) is 5.69 Å². The van der Waals surface area contributed by atoms with Crippen molar-refractivity contribution >= 4 is 21.7 Å². The van der Waals surface area contributed by atoms with Crippen LogP contribution in [-0.2, 0) is 19.4 Å². The lowest BCUT2D eigenvalue weighted by Crippen LogP contribution is -2.46. The highest BCUT2D eigenvalue weighted by molar-refractivity contribution is 9.10. The number of rotatable bonds is 3. The molecule has 1 aliphatic heterocycles. The Labute approximate surface area is 145 Å². The molecule has 120 valence electrons. The molecule has 0 radical (unpaired) electrons. The zero-order valence-electron chi connectivity index (χ0n) is 13.2. The highest BCUT2D eigenvalue weighted by Gasteiger charge is 2.21. The summed E-state index contributed by atoms with van der Waals surface area (Å²) in [6.45, 7) is 5.20. The van der Waals surface area contributed by atoms with Gasteiger partial charge in [0, 0.05) is 37.2 Å². The summed E-state index contributed by atoms with van der Waals surface area (Å²) in [5, 5.41) is 8.87. The Kier molecular flexibility index (Phi) is 4.31. The van der Waals surface area contributed by atoms with E-state index in [1.807, 2.05) is 0 Å². The van der Waals surface area contributed by atoms with Gasteiger partial charge in [0.25, 0.3) is 0 Å². The Balaban J connectivity index is 1.38. The fourth-order valence-electron chi connectivity index (χ4n) is 3.47. The fraction of sp³-hybridized carbons (Fsp3) is 0.444. The largest absolute Gasteiger partial charge is 0.353 e. The summed E-state index contributed by atoms with van der Waals surface area (Å²) in [6.07, 6.45) is 3.50. The van der Waals surface area contributed by atoms with Crippen LogP contribution in [0.2, 0.25) is 0 Å². The summed E-state index contributed by atoms with van der Waals surface area (Å²) in [6, 6.07) is 10.8. The lowest BCUT2D eigenvalue weighted by Gasteiger charge is -2.35. The molecule has 1 aliphatic carbocycles. The minimum absolute atomic E-state index is 1.01. The van der Waals surface area contributed by atoms with Gasteiger partial charge in [-0.3, -0.25) is 4.90 Å². The van der Waals surface area contributed by atoms with E-state index in [2.05, 4.69) is 66.3 Å². The first-order chi connectivity index (χ1) is 11.3. The normalized spacial score (nSPS) is 18.2. The zero-order valence-corrected chi connectivity index (χ0v) is 14.8. The molecule has 0 N–H and O–H groups in total. The van der Waals surface area contributed by atoms with E-state index in [1.54, 1.807) is 0 Å². The molecule has 4 nitrogen and oxygen atoms in total. The predicted molar refractivity (Wildman–Crippen MR) is 95.7 cm³/mol. The molecule has 2 heterocycles. The molecule has 0 spiro atoms. The summed E-state index contributed by atoms with van der Waals surface area (Å²) >= 11 is 3.64. The maximum Gasteiger partial charge on any atom is 0.151 e. The number of nitrogens with zero attached hydrogens (tertiary/aromatic N) is 4. The molecular formula is C18H21BrN4. The average Bonchev–Trinajstić information content (AvgIpc) is 3.05. The van der Waals surface area contributed by atoms with Gasteiger partial charge in [-0.25, -0.2) is 0 Å². The van der Waals surface area contributed by atoms with Crippen LogP contribution in [0.1, 0.15) is 23.2 Å². The van der Waals surface area contributed by atoms with Gasteiger partial charge in [-0.15, -0.1) is 5.10 Å². The maximum absolute atomic E-state index is 4.45. The molecule has 1 saturated heterocycles. The van der Waals surface area contributed by atoms with Crippen LogP contribution in [0.5, 0.6) is 0 Å². The molecule has 0 atom stereocenters. The van der Waals surface area contributed by atoms with Crippen LogP contribution in [0.15, 0.2) is 34.8 Å². The van der Waals surface area contributed by atoms with Crippen molar-refractivity contribution in [2.24, 2.45) is 0 Å². The van der Waals surface area contributed by atoms with E-state index in [9.17, 15) is 0 Å². The molecule has 0 amide bonds. The third kappa shape index (κ3) is 3.26. The third-order valence-corrected chi connectivity index (χ3v) is 5.63. The third-order valence-electron chi connectivity index (χ3n) is 4.85. The molecule has 4 rings (SSSR count). The van der Waals surface area contributed by atoms with Crippen molar-refractivity contribution in [1.82, 2.24) is 15.1 Å². The van der Waals surface area contributed by atoms with E-state index in [1.165, 1.54) is 34.1 Å². The van der Waals surface area contributed by atoms with Crippen LogP contribution in [-0.4, -0.2) is 41.3 Å². The highest BCUT2D eigenvalue weighted by atomic mass is 79.9. The summed E-state index contributed by atoms with van der Waals surface area (Å²) in [5.41, 5.74) is 3.98. The topological polar surface area (TPSA) is 32.3 Å². The summed E-state index contributed by atoms with van der Waals surface area (Å²) < 4.78 is 1.20. The number of halogens is 1. The Morgan fingerprint density at radius 3 is 2.65 bits per heavy atom. The highest BCUT2D eigenvalue weighted by Crippen LogP contribution is 2.24. The van der Waals surface area contributed by atoms with Crippen molar-refractivity contribution < 1.29 is 0 Å². The number of hydrogen-bond acceptors (Lipinski definition) is 4. The molecule has 2 aliphatic rings. The van der Waals surface area contributed by atoms with E-state index in [4.69, 9.17) is 0 Å². The zero-order chi connectivity index (χ0) is 15.6. The van der Waals surface area contributed by atoms with Crippen molar-refractivity contribution in [1.29, 1.82) is 0 Å². The Morgan fingerprint density at radius 2 is 1.83 bits per heavy atom. The minimum atomic E-state index is 1.01. The lowest BCUT2D eigenvalue weighted by atomic mass is 10.2. The van der Waals surface area contributed by atoms with E-state index in [0.717, 1.165) is 45.0 Å². The van der Waals surface area contributed by atoms with Gasteiger partial charge in [0.1, 0.15) is 0 Å². The van der Waals surface area contributed by atoms with Crippen molar-refractivity contribution in [3.05, 3.63) is 51.6 Å². The number of fused-ring (bicyclic) bond motifs is 1. The van der Waals surface area contributed by atoms with Crippen molar-refractivity contribution in [2.45, 2.75) is 25.8 Å². The van der Waals surface area contributed by atoms with Gasteiger partial charge >= 0.3 is 0 Å². The van der Waals surface area contributed by atoms with Crippen LogP contribution in [0.25, 0.3) is 0 Å². The molecule has 0 bridgehead atoms. The second-order valence-electron chi connectivity index (χ2n) is 6.38. The number of piperazine rings is 1. The number of aromatic nitrogens is 2.